The molecule has 1 spiro atoms. The molecule has 2 aliphatic rings. The highest BCUT2D eigenvalue weighted by Crippen LogP contribution is 2.36. The van der Waals surface area contributed by atoms with Crippen LogP contribution in [0, 0.1) is 23.3 Å². The smallest absolute Gasteiger partial charge is 0.185 e. The molecule has 20 heavy (non-hydrogen) atoms. The molecule has 1 aliphatic heterocycles. The lowest BCUT2D eigenvalue weighted by molar-refractivity contribution is 0.299. The number of halogens is 4. The lowest BCUT2D eigenvalue weighted by Gasteiger charge is -2.42. The average molecular weight is 288 g/mol. The summed E-state index contributed by atoms with van der Waals surface area (Å²) in [6.07, 6.45) is 3.96. The second-order valence-corrected chi connectivity index (χ2v) is 5.65. The topological polar surface area (TPSA) is 15.3 Å². The molecule has 0 radical (unpaired) electrons. The summed E-state index contributed by atoms with van der Waals surface area (Å²) in [6.45, 7) is 1.26. The molecule has 0 atom stereocenters. The van der Waals surface area contributed by atoms with E-state index in [1.165, 1.54) is 4.90 Å². The summed E-state index contributed by atoms with van der Waals surface area (Å²) in [5, 5.41) is 3.39. The molecule has 1 heterocycles. The van der Waals surface area contributed by atoms with Crippen molar-refractivity contribution in [3.63, 3.8) is 0 Å². The maximum atomic E-state index is 13.9. The van der Waals surface area contributed by atoms with Crippen LogP contribution in [-0.2, 0) is 0 Å². The summed E-state index contributed by atoms with van der Waals surface area (Å²) in [6, 6.07) is 0.252. The number of benzene rings is 1. The van der Waals surface area contributed by atoms with E-state index in [0.717, 1.165) is 25.7 Å². The van der Waals surface area contributed by atoms with E-state index in [4.69, 9.17) is 0 Å². The molecule has 6 heteroatoms. The normalized spacial score (nSPS) is 21.7. The van der Waals surface area contributed by atoms with Crippen molar-refractivity contribution in [2.75, 3.05) is 24.5 Å². The minimum atomic E-state index is -1.35. The zero-order chi connectivity index (χ0) is 14.3. The zero-order valence-corrected chi connectivity index (χ0v) is 11.0. The first-order valence-corrected chi connectivity index (χ1v) is 6.85. The molecule has 110 valence electrons. The van der Waals surface area contributed by atoms with Crippen molar-refractivity contribution >= 4 is 5.69 Å². The van der Waals surface area contributed by atoms with Gasteiger partial charge in [-0.2, -0.15) is 0 Å². The zero-order valence-electron chi connectivity index (χ0n) is 11.0. The van der Waals surface area contributed by atoms with Gasteiger partial charge in [-0.3, -0.25) is 0 Å². The Morgan fingerprint density at radius 1 is 1.00 bits per heavy atom. The quantitative estimate of drug-likeness (QED) is 0.631. The second-order valence-electron chi connectivity index (χ2n) is 5.65. The Kier molecular flexibility index (Phi) is 3.36. The van der Waals surface area contributed by atoms with Crippen molar-refractivity contribution in [2.45, 2.75) is 31.2 Å². The third-order valence-electron chi connectivity index (χ3n) is 4.34. The van der Waals surface area contributed by atoms with Crippen LogP contribution in [0.3, 0.4) is 0 Å². The fourth-order valence-electron chi connectivity index (χ4n) is 3.37. The van der Waals surface area contributed by atoms with Crippen LogP contribution in [0.25, 0.3) is 0 Å². The number of nitrogens with zero attached hydrogens (tertiary/aromatic N) is 1. The van der Waals surface area contributed by atoms with E-state index >= 15 is 0 Å². The Bertz CT molecular complexity index is 500. The lowest BCUT2D eigenvalue weighted by atomic mass is 9.94. The molecule has 1 saturated heterocycles. The molecule has 1 aromatic carbocycles. The average Bonchev–Trinajstić information content (AvgIpc) is 2.85. The van der Waals surface area contributed by atoms with Crippen LogP contribution < -0.4 is 10.2 Å². The van der Waals surface area contributed by atoms with E-state index in [1.807, 2.05) is 0 Å². The molecule has 1 saturated carbocycles. The number of hydrogen-bond acceptors (Lipinski definition) is 2. The van der Waals surface area contributed by atoms with Crippen LogP contribution in [0.2, 0.25) is 0 Å². The van der Waals surface area contributed by atoms with Gasteiger partial charge in [0.15, 0.2) is 23.3 Å². The number of nitrogens with one attached hydrogen (secondary N) is 1. The van der Waals surface area contributed by atoms with Gasteiger partial charge in [-0.15, -0.1) is 0 Å². The van der Waals surface area contributed by atoms with E-state index in [0.29, 0.717) is 19.6 Å². The van der Waals surface area contributed by atoms with E-state index in [9.17, 15) is 17.6 Å². The van der Waals surface area contributed by atoms with Gasteiger partial charge in [0.2, 0.25) is 0 Å². The Hall–Kier alpha value is -1.30. The van der Waals surface area contributed by atoms with Gasteiger partial charge in [-0.05, 0) is 12.8 Å². The molecular weight excluding hydrogens is 272 g/mol. The predicted molar refractivity (Wildman–Crippen MR) is 67.7 cm³/mol. The first kappa shape index (κ1) is 13.7. The number of piperazine rings is 1. The monoisotopic (exact) mass is 288 g/mol. The van der Waals surface area contributed by atoms with Gasteiger partial charge in [0, 0.05) is 31.2 Å². The van der Waals surface area contributed by atoms with Crippen LogP contribution in [0.5, 0.6) is 0 Å². The van der Waals surface area contributed by atoms with Crippen molar-refractivity contribution < 1.29 is 17.6 Å². The summed E-state index contributed by atoms with van der Waals surface area (Å²) in [4.78, 5) is 1.43. The maximum absolute atomic E-state index is 13.9. The minimum absolute atomic E-state index is 0.181. The molecule has 0 unspecified atom stereocenters. The summed E-state index contributed by atoms with van der Waals surface area (Å²) in [5.41, 5.74) is -0.754. The highest BCUT2D eigenvalue weighted by molar-refractivity contribution is 5.51. The Labute approximate surface area is 114 Å². The molecule has 0 bridgehead atoms. The van der Waals surface area contributed by atoms with Gasteiger partial charge in [0.25, 0.3) is 0 Å². The van der Waals surface area contributed by atoms with Gasteiger partial charge >= 0.3 is 0 Å². The molecule has 3 rings (SSSR count). The van der Waals surface area contributed by atoms with Crippen LogP contribution in [0.1, 0.15) is 25.7 Å². The Morgan fingerprint density at radius 3 is 2.20 bits per heavy atom. The lowest BCUT2D eigenvalue weighted by Crippen LogP contribution is -2.59. The minimum Gasteiger partial charge on any atom is -0.363 e. The standard InChI is InChI=1S/C14H16F4N2/c15-9-7-10(16)12(18)13(11(9)17)20-6-5-19-14(8-20)3-1-2-4-14/h7,19H,1-6,8H2. The van der Waals surface area contributed by atoms with E-state index in [-0.39, 0.29) is 11.6 Å². The number of rotatable bonds is 1. The molecule has 1 aliphatic carbocycles. The summed E-state index contributed by atoms with van der Waals surface area (Å²) >= 11 is 0. The third kappa shape index (κ3) is 2.16. The van der Waals surface area contributed by atoms with Crippen molar-refractivity contribution in [1.82, 2.24) is 5.32 Å². The van der Waals surface area contributed by atoms with Crippen molar-refractivity contribution in [2.24, 2.45) is 0 Å². The summed E-state index contributed by atoms with van der Waals surface area (Å²) in [7, 11) is 0. The largest absolute Gasteiger partial charge is 0.363 e. The highest BCUT2D eigenvalue weighted by Gasteiger charge is 2.39. The molecule has 0 aromatic heterocycles. The highest BCUT2D eigenvalue weighted by atomic mass is 19.2. The molecule has 1 N–H and O–H groups in total. The van der Waals surface area contributed by atoms with Gasteiger partial charge in [0.05, 0.1) is 0 Å². The SMILES string of the molecule is Fc1cc(F)c(F)c(N2CCNC3(CCCC3)C2)c1F. The molecule has 0 amide bonds. The van der Waals surface area contributed by atoms with Gasteiger partial charge in [0.1, 0.15) is 5.69 Å². The van der Waals surface area contributed by atoms with Crippen LogP contribution in [0.15, 0.2) is 6.07 Å². The maximum Gasteiger partial charge on any atom is 0.185 e. The van der Waals surface area contributed by atoms with Crippen molar-refractivity contribution in [3.05, 3.63) is 29.3 Å². The van der Waals surface area contributed by atoms with Crippen LogP contribution >= 0.6 is 0 Å². The Balaban J connectivity index is 1.96. The van der Waals surface area contributed by atoms with E-state index in [2.05, 4.69) is 5.32 Å². The molecule has 1 aromatic rings. The third-order valence-corrected chi connectivity index (χ3v) is 4.34. The van der Waals surface area contributed by atoms with Crippen LogP contribution in [0.4, 0.5) is 23.2 Å². The molecule has 2 nitrogen and oxygen atoms in total. The Morgan fingerprint density at radius 2 is 1.60 bits per heavy atom. The van der Waals surface area contributed by atoms with Gasteiger partial charge < -0.3 is 10.2 Å². The van der Waals surface area contributed by atoms with Crippen molar-refractivity contribution in [1.29, 1.82) is 0 Å². The first-order valence-electron chi connectivity index (χ1n) is 6.85. The predicted octanol–water partition coefficient (Wildman–Crippen LogP) is 2.97. The fraction of sp³-hybridized carbons (Fsp3) is 0.571. The van der Waals surface area contributed by atoms with Crippen LogP contribution in [-0.4, -0.2) is 25.2 Å². The van der Waals surface area contributed by atoms with E-state index in [1.54, 1.807) is 0 Å². The van der Waals surface area contributed by atoms with Gasteiger partial charge in [-0.25, -0.2) is 17.6 Å². The molecule has 2 fully saturated rings. The number of hydrogen-bond donors (Lipinski definition) is 1. The summed E-state index contributed by atoms with van der Waals surface area (Å²) in [5.74, 6) is -5.31. The first-order chi connectivity index (χ1) is 9.52. The van der Waals surface area contributed by atoms with E-state index < -0.39 is 29.0 Å². The summed E-state index contributed by atoms with van der Waals surface area (Å²) < 4.78 is 54.4. The number of anilines is 1. The molecular formula is C14H16F4N2. The second kappa shape index (κ2) is 4.91. The van der Waals surface area contributed by atoms with Crippen molar-refractivity contribution in [3.8, 4) is 0 Å². The van der Waals surface area contributed by atoms with Gasteiger partial charge in [-0.1, -0.05) is 12.8 Å². The fourth-order valence-corrected chi connectivity index (χ4v) is 3.37.